The molecule has 0 fully saturated rings. The van der Waals surface area contributed by atoms with Crippen molar-refractivity contribution in [3.63, 3.8) is 0 Å². The highest BCUT2D eigenvalue weighted by molar-refractivity contribution is 5.66. The first-order chi connectivity index (χ1) is 6.29. The molecule has 0 unspecified atom stereocenters. The molecule has 13 heavy (non-hydrogen) atoms. The van der Waals surface area contributed by atoms with Crippen molar-refractivity contribution in [3.05, 3.63) is 12.2 Å². The zero-order chi connectivity index (χ0) is 9.52. The summed E-state index contributed by atoms with van der Waals surface area (Å²) in [6.07, 6.45) is 2.09. The van der Waals surface area contributed by atoms with Crippen molar-refractivity contribution < 1.29 is 14.4 Å². The highest BCUT2D eigenvalue weighted by Gasteiger charge is 1.98. The van der Waals surface area contributed by atoms with Crippen LogP contribution in [0.2, 0.25) is 0 Å². The van der Waals surface area contributed by atoms with Crippen LogP contribution in [0.3, 0.4) is 0 Å². The molecular formula is C7H11N3O3. The standard InChI is InChI=1S/C7H11N3O3/c11-7(12)2-4-8-3-1-6-9-5-10-13-6/h5,8H,1-4H2,(H,11,12). The molecule has 0 aliphatic carbocycles. The minimum Gasteiger partial charge on any atom is -0.481 e. The van der Waals surface area contributed by atoms with E-state index in [4.69, 9.17) is 9.63 Å². The van der Waals surface area contributed by atoms with E-state index in [1.807, 2.05) is 0 Å². The van der Waals surface area contributed by atoms with Crippen molar-refractivity contribution in [2.45, 2.75) is 12.8 Å². The molecule has 2 N–H and O–H groups in total. The molecule has 0 aromatic carbocycles. The molecule has 1 heterocycles. The Kier molecular flexibility index (Phi) is 3.90. The summed E-state index contributed by atoms with van der Waals surface area (Å²) in [5.74, 6) is -0.242. The predicted octanol–water partition coefficient (Wildman–Crippen LogP) is -0.324. The molecule has 0 spiro atoms. The fourth-order valence-corrected chi connectivity index (χ4v) is 0.822. The second kappa shape index (κ2) is 5.26. The molecule has 0 radical (unpaired) electrons. The molecule has 0 saturated heterocycles. The number of carboxylic acids is 1. The van der Waals surface area contributed by atoms with Gasteiger partial charge in [-0.05, 0) is 0 Å². The van der Waals surface area contributed by atoms with Crippen LogP contribution in [0.1, 0.15) is 12.3 Å². The third-order valence-electron chi connectivity index (χ3n) is 1.44. The maximum absolute atomic E-state index is 10.1. The van der Waals surface area contributed by atoms with Gasteiger partial charge in [-0.2, -0.15) is 4.98 Å². The average Bonchev–Trinajstić information content (AvgIpc) is 2.55. The Hall–Kier alpha value is -1.43. The second-order valence-corrected chi connectivity index (χ2v) is 2.48. The van der Waals surface area contributed by atoms with E-state index in [-0.39, 0.29) is 6.42 Å². The Balaban J connectivity index is 1.99. The van der Waals surface area contributed by atoms with Crippen molar-refractivity contribution >= 4 is 5.97 Å². The number of carboxylic acid groups (broad SMARTS) is 1. The van der Waals surface area contributed by atoms with E-state index in [0.717, 1.165) is 0 Å². The fraction of sp³-hybridized carbons (Fsp3) is 0.571. The molecule has 0 aliphatic heterocycles. The van der Waals surface area contributed by atoms with Gasteiger partial charge in [0, 0.05) is 19.5 Å². The van der Waals surface area contributed by atoms with Crippen LogP contribution < -0.4 is 5.32 Å². The van der Waals surface area contributed by atoms with E-state index in [1.54, 1.807) is 0 Å². The summed E-state index contributed by atoms with van der Waals surface area (Å²) >= 11 is 0. The normalized spacial score (nSPS) is 10.2. The van der Waals surface area contributed by atoms with Gasteiger partial charge in [0.1, 0.15) is 0 Å². The highest BCUT2D eigenvalue weighted by Crippen LogP contribution is 1.90. The van der Waals surface area contributed by atoms with Gasteiger partial charge in [0.05, 0.1) is 6.42 Å². The van der Waals surface area contributed by atoms with E-state index >= 15 is 0 Å². The molecule has 6 heteroatoms. The van der Waals surface area contributed by atoms with E-state index < -0.39 is 5.97 Å². The second-order valence-electron chi connectivity index (χ2n) is 2.48. The molecule has 6 nitrogen and oxygen atoms in total. The SMILES string of the molecule is O=C(O)CCNCCc1ncno1. The molecule has 1 rings (SSSR count). The Labute approximate surface area is 74.9 Å². The quantitative estimate of drug-likeness (QED) is 0.590. The van der Waals surface area contributed by atoms with Crippen molar-refractivity contribution in [1.29, 1.82) is 0 Å². The van der Waals surface area contributed by atoms with E-state index in [1.165, 1.54) is 6.33 Å². The Bertz CT molecular complexity index is 247. The molecule has 0 atom stereocenters. The van der Waals surface area contributed by atoms with Gasteiger partial charge >= 0.3 is 5.97 Å². The summed E-state index contributed by atoms with van der Waals surface area (Å²) in [6, 6.07) is 0. The van der Waals surface area contributed by atoms with Crippen LogP contribution in [0.5, 0.6) is 0 Å². The molecule has 1 aromatic rings. The number of nitrogens with one attached hydrogen (secondary N) is 1. The Morgan fingerprint density at radius 2 is 2.46 bits per heavy atom. The lowest BCUT2D eigenvalue weighted by Gasteiger charge is -1.98. The summed E-state index contributed by atoms with van der Waals surface area (Å²) in [6.45, 7) is 1.11. The van der Waals surface area contributed by atoms with Crippen molar-refractivity contribution in [3.8, 4) is 0 Å². The maximum atomic E-state index is 10.1. The van der Waals surface area contributed by atoms with Crippen LogP contribution in [-0.2, 0) is 11.2 Å². The molecule has 0 saturated carbocycles. The molecular weight excluding hydrogens is 174 g/mol. The summed E-state index contributed by atoms with van der Waals surface area (Å²) < 4.78 is 4.74. The van der Waals surface area contributed by atoms with Crippen LogP contribution in [0.25, 0.3) is 0 Å². The molecule has 0 amide bonds. The number of carbonyl (C=O) groups is 1. The summed E-state index contributed by atoms with van der Waals surface area (Å²) in [5, 5.41) is 14.7. The first-order valence-corrected chi connectivity index (χ1v) is 3.97. The molecule has 0 aliphatic rings. The van der Waals surface area contributed by atoms with Crippen LogP contribution >= 0.6 is 0 Å². The van der Waals surface area contributed by atoms with E-state index in [9.17, 15) is 4.79 Å². The number of aliphatic carboxylic acids is 1. The molecule has 72 valence electrons. The van der Waals surface area contributed by atoms with Crippen LogP contribution in [0, 0.1) is 0 Å². The highest BCUT2D eigenvalue weighted by atomic mass is 16.5. The first-order valence-electron chi connectivity index (χ1n) is 3.97. The number of hydrogen-bond acceptors (Lipinski definition) is 5. The largest absolute Gasteiger partial charge is 0.481 e. The smallest absolute Gasteiger partial charge is 0.304 e. The average molecular weight is 185 g/mol. The molecule has 0 bridgehead atoms. The van der Waals surface area contributed by atoms with Gasteiger partial charge in [-0.25, -0.2) is 0 Å². The van der Waals surface area contributed by atoms with Crippen molar-refractivity contribution in [1.82, 2.24) is 15.5 Å². The predicted molar refractivity (Wildman–Crippen MR) is 43.1 cm³/mol. The summed E-state index contributed by atoms with van der Waals surface area (Å²) in [7, 11) is 0. The lowest BCUT2D eigenvalue weighted by molar-refractivity contribution is -0.136. The number of hydrogen-bond donors (Lipinski definition) is 2. The van der Waals surface area contributed by atoms with Crippen molar-refractivity contribution in [2.75, 3.05) is 13.1 Å². The van der Waals surface area contributed by atoms with Crippen LogP contribution in [0.15, 0.2) is 10.9 Å². The van der Waals surface area contributed by atoms with Gasteiger partial charge in [-0.1, -0.05) is 5.16 Å². The Morgan fingerprint density at radius 3 is 3.08 bits per heavy atom. The monoisotopic (exact) mass is 185 g/mol. The van der Waals surface area contributed by atoms with Crippen molar-refractivity contribution in [2.24, 2.45) is 0 Å². The number of rotatable bonds is 6. The van der Waals surface area contributed by atoms with Gasteiger partial charge in [-0.3, -0.25) is 4.79 Å². The van der Waals surface area contributed by atoms with Gasteiger partial charge in [0.25, 0.3) is 0 Å². The lowest BCUT2D eigenvalue weighted by Crippen LogP contribution is -2.20. The Morgan fingerprint density at radius 1 is 1.62 bits per heavy atom. The summed E-state index contributed by atoms with van der Waals surface area (Å²) in [5.41, 5.74) is 0. The first kappa shape index (κ1) is 9.66. The van der Waals surface area contributed by atoms with Gasteiger partial charge < -0.3 is 14.9 Å². The fourth-order valence-electron chi connectivity index (χ4n) is 0.822. The number of aromatic nitrogens is 2. The van der Waals surface area contributed by atoms with Gasteiger partial charge in [0.2, 0.25) is 5.89 Å². The zero-order valence-corrected chi connectivity index (χ0v) is 7.06. The maximum Gasteiger partial charge on any atom is 0.304 e. The van der Waals surface area contributed by atoms with E-state index in [0.29, 0.717) is 25.4 Å². The third kappa shape index (κ3) is 4.22. The minimum atomic E-state index is -0.801. The van der Waals surface area contributed by atoms with Gasteiger partial charge in [0.15, 0.2) is 6.33 Å². The van der Waals surface area contributed by atoms with Gasteiger partial charge in [-0.15, -0.1) is 0 Å². The molecule has 1 aromatic heterocycles. The number of nitrogens with zero attached hydrogens (tertiary/aromatic N) is 2. The summed E-state index contributed by atoms with van der Waals surface area (Å²) in [4.78, 5) is 13.9. The zero-order valence-electron chi connectivity index (χ0n) is 7.06. The van der Waals surface area contributed by atoms with Crippen LogP contribution in [0.4, 0.5) is 0 Å². The lowest BCUT2D eigenvalue weighted by atomic mass is 10.4. The minimum absolute atomic E-state index is 0.129. The van der Waals surface area contributed by atoms with Crippen LogP contribution in [-0.4, -0.2) is 34.3 Å². The van der Waals surface area contributed by atoms with E-state index in [2.05, 4.69) is 15.5 Å². The topological polar surface area (TPSA) is 88.2 Å². The third-order valence-corrected chi connectivity index (χ3v) is 1.44.